The third-order valence-corrected chi connectivity index (χ3v) is 7.59. The topological polar surface area (TPSA) is 118 Å². The normalized spacial score (nSPS) is 14.1. The highest BCUT2D eigenvalue weighted by Crippen LogP contribution is 2.32. The molecule has 0 unspecified atom stereocenters. The maximum atomic E-state index is 12.1. The van der Waals surface area contributed by atoms with Crippen LogP contribution in [-0.4, -0.2) is 74.5 Å². The summed E-state index contributed by atoms with van der Waals surface area (Å²) in [5, 5.41) is 7.52. The fraction of sp³-hybridized carbons (Fsp3) is 0.320. The van der Waals surface area contributed by atoms with E-state index in [1.54, 1.807) is 25.6 Å². The van der Waals surface area contributed by atoms with E-state index < -0.39 is 10.0 Å². The van der Waals surface area contributed by atoms with Crippen molar-refractivity contribution in [1.29, 1.82) is 0 Å². The number of anilines is 4. The number of benzene rings is 1. The molecule has 2 N–H and O–H groups in total. The quantitative estimate of drug-likeness (QED) is 0.360. The van der Waals surface area contributed by atoms with E-state index >= 15 is 0 Å². The van der Waals surface area contributed by atoms with E-state index in [2.05, 4.69) is 31.6 Å². The molecule has 3 aromatic heterocycles. The summed E-state index contributed by atoms with van der Waals surface area (Å²) < 4.78 is 33.0. The average Bonchev–Trinajstić information content (AvgIpc) is 3.30. The summed E-state index contributed by atoms with van der Waals surface area (Å²) in [7, 11) is -0.301. The van der Waals surface area contributed by atoms with E-state index in [0.717, 1.165) is 54.8 Å². The molecule has 0 aliphatic carbocycles. The van der Waals surface area contributed by atoms with Gasteiger partial charge in [-0.3, -0.25) is 4.31 Å². The summed E-state index contributed by atoms with van der Waals surface area (Å²) >= 11 is 0. The zero-order valence-electron chi connectivity index (χ0n) is 21.0. The Kier molecular flexibility index (Phi) is 6.85. The van der Waals surface area contributed by atoms with Gasteiger partial charge in [0.05, 0.1) is 25.6 Å². The Bertz CT molecular complexity index is 1520. The van der Waals surface area contributed by atoms with E-state index in [0.29, 0.717) is 29.7 Å². The number of sulfonamides is 1. The van der Waals surface area contributed by atoms with Crippen molar-refractivity contribution in [3.63, 3.8) is 0 Å². The summed E-state index contributed by atoms with van der Waals surface area (Å²) in [5.41, 5.74) is 3.35. The molecule has 1 aromatic carbocycles. The molecule has 0 atom stereocenters. The van der Waals surface area contributed by atoms with Crippen molar-refractivity contribution in [2.75, 3.05) is 61.1 Å². The minimum Gasteiger partial charge on any atom is -0.494 e. The number of rotatable bonds is 8. The zero-order chi connectivity index (χ0) is 26.0. The number of hydrogen-bond acceptors (Lipinski definition) is 9. The van der Waals surface area contributed by atoms with Gasteiger partial charge in [0.1, 0.15) is 17.2 Å². The smallest absolute Gasteiger partial charge is 0.233 e. The Balaban J connectivity index is 1.42. The van der Waals surface area contributed by atoms with Gasteiger partial charge >= 0.3 is 0 Å². The Morgan fingerprint density at radius 2 is 1.97 bits per heavy atom. The predicted molar refractivity (Wildman–Crippen MR) is 145 cm³/mol. The first-order valence-electron chi connectivity index (χ1n) is 11.9. The van der Waals surface area contributed by atoms with Crippen LogP contribution in [0.5, 0.6) is 5.75 Å². The van der Waals surface area contributed by atoms with Gasteiger partial charge in [-0.05, 0) is 24.3 Å². The van der Waals surface area contributed by atoms with Crippen LogP contribution in [0.15, 0.2) is 55.0 Å². The Hall–Kier alpha value is -3.90. The standard InChI is InChI=1S/C25H30N8O3S/c1-31(37(3,34)35)23-19(5-4-9-27-23)17-33-12-8-18-16-28-25(30-24(18)33)29-21-7-6-20(15-22(21)36-2)32-13-10-26-11-14-32/h4-9,12,15-16,26H,10-11,13-14,17H2,1-3H3,(H,28,29,30). The Labute approximate surface area is 216 Å². The maximum Gasteiger partial charge on any atom is 0.233 e. The number of nitrogens with zero attached hydrogens (tertiary/aromatic N) is 6. The van der Waals surface area contributed by atoms with Crippen LogP contribution in [-0.2, 0) is 16.6 Å². The second-order valence-corrected chi connectivity index (χ2v) is 10.9. The fourth-order valence-electron chi connectivity index (χ4n) is 4.36. The molecule has 12 heteroatoms. The molecule has 0 spiro atoms. The van der Waals surface area contributed by atoms with Crippen molar-refractivity contribution in [3.8, 4) is 5.75 Å². The highest BCUT2D eigenvalue weighted by atomic mass is 32.2. The van der Waals surface area contributed by atoms with Crippen molar-refractivity contribution in [2.24, 2.45) is 0 Å². The molecule has 0 amide bonds. The third-order valence-electron chi connectivity index (χ3n) is 6.42. The number of methoxy groups -OCH3 is 1. The number of piperazine rings is 1. The molecule has 0 radical (unpaired) electrons. The van der Waals surface area contributed by atoms with Gasteiger partial charge in [0.2, 0.25) is 16.0 Å². The Morgan fingerprint density at radius 1 is 1.16 bits per heavy atom. The molecule has 1 aliphatic rings. The first-order valence-corrected chi connectivity index (χ1v) is 13.8. The number of fused-ring (bicyclic) bond motifs is 1. The number of nitrogens with one attached hydrogen (secondary N) is 2. The molecule has 194 valence electrons. The molecule has 1 aliphatic heterocycles. The van der Waals surface area contributed by atoms with Crippen LogP contribution in [0, 0.1) is 0 Å². The van der Waals surface area contributed by atoms with Crippen LogP contribution in [0.25, 0.3) is 11.0 Å². The van der Waals surface area contributed by atoms with Crippen LogP contribution in [0.2, 0.25) is 0 Å². The van der Waals surface area contributed by atoms with Crippen LogP contribution >= 0.6 is 0 Å². The number of aromatic nitrogens is 4. The lowest BCUT2D eigenvalue weighted by molar-refractivity contribution is 0.416. The average molecular weight is 523 g/mol. The van der Waals surface area contributed by atoms with Gasteiger partial charge in [-0.1, -0.05) is 6.07 Å². The molecule has 5 rings (SSSR count). The number of pyridine rings is 1. The third kappa shape index (κ3) is 5.30. The molecule has 1 fully saturated rings. The maximum absolute atomic E-state index is 12.1. The summed E-state index contributed by atoms with van der Waals surface area (Å²) in [5.74, 6) is 1.52. The Morgan fingerprint density at radius 3 is 2.73 bits per heavy atom. The molecular formula is C25H30N8O3S. The molecule has 0 bridgehead atoms. The molecule has 4 aromatic rings. The number of ether oxygens (including phenoxy) is 1. The SMILES string of the molecule is COc1cc(N2CCNCC2)ccc1Nc1ncc2ccn(Cc3cccnc3N(C)S(C)(=O)=O)c2n1. The minimum atomic E-state index is -3.45. The van der Waals surface area contributed by atoms with Gasteiger partial charge in [-0.2, -0.15) is 4.98 Å². The van der Waals surface area contributed by atoms with Gasteiger partial charge in [0.25, 0.3) is 0 Å². The molecular weight excluding hydrogens is 492 g/mol. The van der Waals surface area contributed by atoms with Gasteiger partial charge in [0, 0.05) is 74.5 Å². The van der Waals surface area contributed by atoms with Crippen molar-refractivity contribution < 1.29 is 13.2 Å². The lowest BCUT2D eigenvalue weighted by atomic mass is 10.2. The summed E-state index contributed by atoms with van der Waals surface area (Å²) in [6.45, 7) is 4.21. The van der Waals surface area contributed by atoms with Crippen molar-refractivity contribution in [3.05, 3.63) is 60.6 Å². The largest absolute Gasteiger partial charge is 0.494 e. The van der Waals surface area contributed by atoms with Crippen LogP contribution in [0.4, 0.5) is 23.1 Å². The lowest BCUT2D eigenvalue weighted by Crippen LogP contribution is -2.43. The number of hydrogen-bond donors (Lipinski definition) is 2. The molecule has 11 nitrogen and oxygen atoms in total. The second-order valence-electron chi connectivity index (χ2n) is 8.88. The summed E-state index contributed by atoms with van der Waals surface area (Å²) in [4.78, 5) is 15.9. The van der Waals surface area contributed by atoms with E-state index in [9.17, 15) is 8.42 Å². The van der Waals surface area contributed by atoms with E-state index in [1.807, 2.05) is 35.0 Å². The highest BCUT2D eigenvalue weighted by Gasteiger charge is 2.18. The minimum absolute atomic E-state index is 0.383. The van der Waals surface area contributed by atoms with Gasteiger partial charge in [-0.25, -0.2) is 18.4 Å². The van der Waals surface area contributed by atoms with Crippen LogP contribution in [0.3, 0.4) is 0 Å². The molecule has 37 heavy (non-hydrogen) atoms. The first kappa shape index (κ1) is 24.8. The van der Waals surface area contributed by atoms with Gasteiger partial charge < -0.3 is 24.8 Å². The van der Waals surface area contributed by atoms with E-state index in [4.69, 9.17) is 9.72 Å². The monoisotopic (exact) mass is 522 g/mol. The zero-order valence-corrected chi connectivity index (χ0v) is 21.9. The highest BCUT2D eigenvalue weighted by molar-refractivity contribution is 7.92. The van der Waals surface area contributed by atoms with E-state index in [-0.39, 0.29) is 0 Å². The van der Waals surface area contributed by atoms with Crippen molar-refractivity contribution in [2.45, 2.75) is 6.54 Å². The first-order chi connectivity index (χ1) is 17.8. The van der Waals surface area contributed by atoms with Crippen molar-refractivity contribution >= 4 is 44.2 Å². The second kappa shape index (κ2) is 10.2. The summed E-state index contributed by atoms with van der Waals surface area (Å²) in [6.07, 6.45) is 6.41. The van der Waals surface area contributed by atoms with Crippen LogP contribution in [0.1, 0.15) is 5.56 Å². The summed E-state index contributed by atoms with van der Waals surface area (Å²) in [6, 6.07) is 11.7. The molecule has 4 heterocycles. The molecule has 0 saturated carbocycles. The molecule has 1 saturated heterocycles. The fourth-order valence-corrected chi connectivity index (χ4v) is 4.84. The predicted octanol–water partition coefficient (Wildman–Crippen LogP) is 2.43. The van der Waals surface area contributed by atoms with Gasteiger partial charge in [0.15, 0.2) is 0 Å². The lowest BCUT2D eigenvalue weighted by Gasteiger charge is -2.30. The van der Waals surface area contributed by atoms with Gasteiger partial charge in [-0.15, -0.1) is 0 Å². The van der Waals surface area contributed by atoms with E-state index in [1.165, 1.54) is 11.4 Å². The van der Waals surface area contributed by atoms with Crippen molar-refractivity contribution in [1.82, 2.24) is 24.8 Å². The van der Waals surface area contributed by atoms with Crippen LogP contribution < -0.4 is 24.6 Å².